The number of halogens is 1. The highest BCUT2D eigenvalue weighted by molar-refractivity contribution is 5.56. The first-order valence-corrected chi connectivity index (χ1v) is 6.76. The van der Waals surface area contributed by atoms with Crippen LogP contribution in [0.4, 0.5) is 10.1 Å². The van der Waals surface area contributed by atoms with Gasteiger partial charge in [-0.25, -0.2) is 4.39 Å². The van der Waals surface area contributed by atoms with E-state index in [0.717, 1.165) is 17.5 Å². The van der Waals surface area contributed by atoms with Crippen molar-refractivity contribution in [2.24, 2.45) is 5.92 Å². The minimum atomic E-state index is -0.120. The van der Waals surface area contributed by atoms with Crippen LogP contribution in [-0.2, 0) is 6.42 Å². The summed E-state index contributed by atoms with van der Waals surface area (Å²) in [7, 11) is 0. The molecule has 19 heavy (non-hydrogen) atoms. The van der Waals surface area contributed by atoms with Crippen LogP contribution >= 0.6 is 0 Å². The normalized spacial score (nSPS) is 21.6. The average Bonchev–Trinajstić information content (AvgIpc) is 2.41. The third-order valence-corrected chi connectivity index (χ3v) is 4.08. The van der Waals surface area contributed by atoms with Gasteiger partial charge in [-0.15, -0.1) is 0 Å². The Balaban J connectivity index is 2.01. The summed E-state index contributed by atoms with van der Waals surface area (Å²) in [5.74, 6) is 0.334. The molecule has 2 unspecified atom stereocenters. The quantitative estimate of drug-likeness (QED) is 0.792. The first-order valence-electron chi connectivity index (χ1n) is 6.76. The van der Waals surface area contributed by atoms with E-state index in [4.69, 9.17) is 0 Å². The van der Waals surface area contributed by atoms with Gasteiger partial charge in [-0.05, 0) is 48.1 Å². The molecule has 0 saturated carbocycles. The predicted octanol–water partition coefficient (Wildman–Crippen LogP) is 4.48. The maximum atomic E-state index is 13.7. The summed E-state index contributed by atoms with van der Waals surface area (Å²) < 4.78 is 13.7. The Hall–Kier alpha value is -1.83. The van der Waals surface area contributed by atoms with E-state index in [1.54, 1.807) is 6.07 Å². The number of para-hydroxylation sites is 1. The zero-order chi connectivity index (χ0) is 13.4. The van der Waals surface area contributed by atoms with Gasteiger partial charge in [-0.3, -0.25) is 0 Å². The van der Waals surface area contributed by atoms with Crippen molar-refractivity contribution in [1.29, 1.82) is 0 Å². The zero-order valence-electron chi connectivity index (χ0n) is 11.3. The van der Waals surface area contributed by atoms with E-state index in [9.17, 15) is 4.39 Å². The van der Waals surface area contributed by atoms with Crippen LogP contribution in [0.5, 0.6) is 0 Å². The number of rotatable bonds is 1. The Bertz CT molecular complexity index is 606. The summed E-state index contributed by atoms with van der Waals surface area (Å²) >= 11 is 0. The van der Waals surface area contributed by atoms with E-state index in [2.05, 4.69) is 30.4 Å². The van der Waals surface area contributed by atoms with E-state index in [1.807, 2.05) is 19.1 Å². The van der Waals surface area contributed by atoms with E-state index in [1.165, 1.54) is 17.3 Å². The molecule has 0 amide bonds. The van der Waals surface area contributed by atoms with Crippen LogP contribution in [0, 0.1) is 18.7 Å². The van der Waals surface area contributed by atoms with Gasteiger partial charge in [0.15, 0.2) is 0 Å². The molecule has 0 aromatic heterocycles. The van der Waals surface area contributed by atoms with Gasteiger partial charge in [0.05, 0.1) is 6.04 Å². The molecule has 2 heteroatoms. The third-order valence-electron chi connectivity index (χ3n) is 4.08. The molecule has 0 aliphatic carbocycles. The van der Waals surface area contributed by atoms with Crippen molar-refractivity contribution < 1.29 is 4.39 Å². The van der Waals surface area contributed by atoms with Crippen molar-refractivity contribution >= 4 is 5.69 Å². The molecule has 2 aromatic rings. The summed E-state index contributed by atoms with van der Waals surface area (Å²) in [6.07, 6.45) is 1.03. The summed E-state index contributed by atoms with van der Waals surface area (Å²) in [6.45, 7) is 4.08. The van der Waals surface area contributed by atoms with Gasteiger partial charge in [-0.2, -0.15) is 0 Å². The molecule has 2 aromatic carbocycles. The summed E-state index contributed by atoms with van der Waals surface area (Å²) in [5.41, 5.74) is 4.35. The van der Waals surface area contributed by atoms with Crippen molar-refractivity contribution in [2.45, 2.75) is 26.3 Å². The standard InChI is InChI=1S/C17H18FN/c1-11-10-13-6-3-4-9-16(13)19-17(11)14-7-5-8-15(18)12(14)2/h3-9,11,17,19H,10H2,1-2H3. The van der Waals surface area contributed by atoms with Crippen molar-refractivity contribution in [3.05, 3.63) is 65.0 Å². The zero-order valence-corrected chi connectivity index (χ0v) is 11.3. The molecule has 1 N–H and O–H groups in total. The lowest BCUT2D eigenvalue weighted by molar-refractivity contribution is 0.474. The van der Waals surface area contributed by atoms with Gasteiger partial charge in [0.1, 0.15) is 5.82 Å². The van der Waals surface area contributed by atoms with Crippen LogP contribution in [0.15, 0.2) is 42.5 Å². The molecule has 1 nitrogen and oxygen atoms in total. The predicted molar refractivity (Wildman–Crippen MR) is 76.8 cm³/mol. The number of fused-ring (bicyclic) bond motifs is 1. The number of nitrogens with one attached hydrogen (secondary N) is 1. The Morgan fingerprint density at radius 3 is 2.74 bits per heavy atom. The SMILES string of the molecule is Cc1c(F)cccc1C1Nc2ccccc2CC1C. The van der Waals surface area contributed by atoms with Crippen LogP contribution in [-0.4, -0.2) is 0 Å². The fourth-order valence-electron chi connectivity index (χ4n) is 2.96. The average molecular weight is 255 g/mol. The fourth-order valence-corrected chi connectivity index (χ4v) is 2.96. The number of anilines is 1. The molecule has 0 spiro atoms. The Labute approximate surface area is 113 Å². The van der Waals surface area contributed by atoms with E-state index < -0.39 is 0 Å². The van der Waals surface area contributed by atoms with Crippen molar-refractivity contribution in [3.63, 3.8) is 0 Å². The molecular formula is C17H18FN. The molecule has 0 radical (unpaired) electrons. The lowest BCUT2D eigenvalue weighted by Gasteiger charge is -2.34. The third kappa shape index (κ3) is 2.12. The lowest BCUT2D eigenvalue weighted by Crippen LogP contribution is -2.26. The molecule has 3 rings (SSSR count). The molecule has 0 saturated heterocycles. The van der Waals surface area contributed by atoms with Gasteiger partial charge >= 0.3 is 0 Å². The largest absolute Gasteiger partial charge is 0.378 e. The van der Waals surface area contributed by atoms with Crippen LogP contribution in [0.1, 0.15) is 29.7 Å². The van der Waals surface area contributed by atoms with Gasteiger partial charge in [-0.1, -0.05) is 37.3 Å². The molecule has 0 fully saturated rings. The molecular weight excluding hydrogens is 237 g/mol. The highest BCUT2D eigenvalue weighted by atomic mass is 19.1. The molecule has 1 aliphatic rings. The fraction of sp³-hybridized carbons (Fsp3) is 0.294. The first kappa shape index (κ1) is 12.2. The highest BCUT2D eigenvalue weighted by Gasteiger charge is 2.27. The molecule has 1 aliphatic heterocycles. The Morgan fingerprint density at radius 2 is 1.89 bits per heavy atom. The van der Waals surface area contributed by atoms with Crippen molar-refractivity contribution in [3.8, 4) is 0 Å². The van der Waals surface area contributed by atoms with Crippen LogP contribution < -0.4 is 5.32 Å². The van der Waals surface area contributed by atoms with Crippen molar-refractivity contribution in [2.75, 3.05) is 5.32 Å². The van der Waals surface area contributed by atoms with Gasteiger partial charge in [0.25, 0.3) is 0 Å². The van der Waals surface area contributed by atoms with Crippen molar-refractivity contribution in [1.82, 2.24) is 0 Å². The van der Waals surface area contributed by atoms with E-state index in [-0.39, 0.29) is 11.9 Å². The second-order valence-corrected chi connectivity index (χ2v) is 5.41. The maximum Gasteiger partial charge on any atom is 0.126 e. The monoisotopic (exact) mass is 255 g/mol. The second kappa shape index (κ2) is 4.69. The first-order chi connectivity index (χ1) is 9.16. The topological polar surface area (TPSA) is 12.0 Å². The summed E-state index contributed by atoms with van der Waals surface area (Å²) in [5, 5.41) is 3.56. The lowest BCUT2D eigenvalue weighted by atomic mass is 9.83. The smallest absolute Gasteiger partial charge is 0.126 e. The van der Waals surface area contributed by atoms with Crippen LogP contribution in [0.25, 0.3) is 0 Å². The minimum absolute atomic E-state index is 0.120. The minimum Gasteiger partial charge on any atom is -0.378 e. The van der Waals surface area contributed by atoms with E-state index in [0.29, 0.717) is 5.92 Å². The number of hydrogen-bond donors (Lipinski definition) is 1. The maximum absolute atomic E-state index is 13.7. The number of hydrogen-bond acceptors (Lipinski definition) is 1. The molecule has 0 bridgehead atoms. The summed E-state index contributed by atoms with van der Waals surface area (Å²) in [4.78, 5) is 0. The van der Waals surface area contributed by atoms with Crippen LogP contribution in [0.2, 0.25) is 0 Å². The Morgan fingerprint density at radius 1 is 1.11 bits per heavy atom. The van der Waals surface area contributed by atoms with Gasteiger partial charge in [0, 0.05) is 5.69 Å². The Kier molecular flexibility index (Phi) is 3.02. The molecule has 2 atom stereocenters. The van der Waals surface area contributed by atoms with Gasteiger partial charge < -0.3 is 5.32 Å². The highest BCUT2D eigenvalue weighted by Crippen LogP contribution is 2.37. The number of benzene rings is 2. The second-order valence-electron chi connectivity index (χ2n) is 5.41. The van der Waals surface area contributed by atoms with E-state index >= 15 is 0 Å². The molecule has 98 valence electrons. The summed E-state index contributed by atoms with van der Waals surface area (Å²) in [6, 6.07) is 13.9. The van der Waals surface area contributed by atoms with Gasteiger partial charge in [0.2, 0.25) is 0 Å². The van der Waals surface area contributed by atoms with Crippen LogP contribution in [0.3, 0.4) is 0 Å². The molecule has 1 heterocycles.